The number of anilines is 1. The van der Waals surface area contributed by atoms with Gasteiger partial charge in [0.2, 0.25) is 0 Å². The van der Waals surface area contributed by atoms with E-state index in [1.807, 2.05) is 6.92 Å². The van der Waals surface area contributed by atoms with Gasteiger partial charge in [0.1, 0.15) is 4.90 Å². The molecule has 0 saturated heterocycles. The van der Waals surface area contributed by atoms with Gasteiger partial charge in [0.25, 0.3) is 26.1 Å². The normalized spacial score (nSPS) is 15.6. The quantitative estimate of drug-likeness (QED) is 0.534. The van der Waals surface area contributed by atoms with Crippen LogP contribution in [0.25, 0.3) is 0 Å². The molecule has 2 N–H and O–H groups in total. The van der Waals surface area contributed by atoms with Crippen molar-refractivity contribution in [2.24, 2.45) is 5.10 Å². The number of carbonyl (C=O) groups is 1. The van der Waals surface area contributed by atoms with Gasteiger partial charge < -0.3 is 0 Å². The van der Waals surface area contributed by atoms with Crippen molar-refractivity contribution in [2.75, 3.05) is 5.01 Å². The van der Waals surface area contributed by atoms with Crippen molar-refractivity contribution in [3.05, 3.63) is 18.2 Å². The highest BCUT2D eigenvalue weighted by molar-refractivity contribution is 7.86. The number of hydrogen-bond donors (Lipinski definition) is 2. The molecule has 1 aliphatic rings. The van der Waals surface area contributed by atoms with Crippen LogP contribution in [-0.2, 0) is 25.0 Å². The summed E-state index contributed by atoms with van der Waals surface area (Å²) < 4.78 is 63.9. The van der Waals surface area contributed by atoms with Crippen LogP contribution < -0.4 is 5.01 Å². The molecule has 1 aromatic carbocycles. The lowest BCUT2D eigenvalue weighted by atomic mass is 10.1. The molecule has 25 heavy (non-hydrogen) atoms. The molecule has 0 fully saturated rings. The summed E-state index contributed by atoms with van der Waals surface area (Å²) in [6.45, 7) is 2.03. The smallest absolute Gasteiger partial charge is 0.282 e. The second-order valence-electron chi connectivity index (χ2n) is 5.59. The zero-order valence-electron chi connectivity index (χ0n) is 13.4. The molecule has 138 valence electrons. The molecular formula is C14H18N2O7S2. The molecule has 0 bridgehead atoms. The molecule has 1 amide bonds. The first-order chi connectivity index (χ1) is 11.5. The van der Waals surface area contributed by atoms with Crippen LogP contribution in [0.1, 0.15) is 39.0 Å². The molecule has 1 heterocycles. The summed E-state index contributed by atoms with van der Waals surface area (Å²) in [5, 5.41) is 4.92. The summed E-state index contributed by atoms with van der Waals surface area (Å²) in [5.41, 5.74) is 0.309. The molecule has 0 saturated carbocycles. The number of nitrogens with zero attached hydrogens (tertiary/aromatic N) is 2. The van der Waals surface area contributed by atoms with Crippen molar-refractivity contribution in [3.8, 4) is 0 Å². The largest absolute Gasteiger partial charge is 0.296 e. The van der Waals surface area contributed by atoms with Crippen LogP contribution in [-0.4, -0.2) is 37.6 Å². The molecule has 1 aromatic rings. The van der Waals surface area contributed by atoms with Crippen molar-refractivity contribution >= 4 is 37.5 Å². The molecule has 9 nitrogen and oxygen atoms in total. The van der Waals surface area contributed by atoms with Crippen LogP contribution in [0.4, 0.5) is 5.69 Å². The second kappa shape index (κ2) is 7.20. The second-order valence-corrected chi connectivity index (χ2v) is 8.40. The van der Waals surface area contributed by atoms with Gasteiger partial charge in [-0.15, -0.1) is 0 Å². The van der Waals surface area contributed by atoms with Gasteiger partial charge in [0.15, 0.2) is 0 Å². The highest BCUT2D eigenvalue weighted by Crippen LogP contribution is 2.31. The summed E-state index contributed by atoms with van der Waals surface area (Å²) in [4.78, 5) is 10.6. The lowest BCUT2D eigenvalue weighted by Crippen LogP contribution is -2.22. The van der Waals surface area contributed by atoms with Crippen molar-refractivity contribution in [2.45, 2.75) is 48.8 Å². The van der Waals surface area contributed by atoms with Gasteiger partial charge in [-0.2, -0.15) is 26.9 Å². The number of amides is 1. The minimum Gasteiger partial charge on any atom is -0.282 e. The SMILES string of the molecule is CCCCCC1=NN(c2ccc(S(=O)(=O)O)cc2S(=O)(=O)O)C(=O)C1. The van der Waals surface area contributed by atoms with Crippen molar-refractivity contribution in [1.29, 1.82) is 0 Å². The number of benzene rings is 1. The van der Waals surface area contributed by atoms with E-state index < -0.39 is 35.9 Å². The molecule has 0 atom stereocenters. The summed E-state index contributed by atoms with van der Waals surface area (Å²) >= 11 is 0. The molecule has 11 heteroatoms. The number of unbranched alkanes of at least 4 members (excludes halogenated alkanes) is 2. The van der Waals surface area contributed by atoms with Crippen LogP contribution in [0, 0.1) is 0 Å². The number of rotatable bonds is 7. The number of carbonyl (C=O) groups excluding carboxylic acids is 1. The molecule has 0 spiro atoms. The van der Waals surface area contributed by atoms with Crippen LogP contribution in [0.15, 0.2) is 33.1 Å². The third-order valence-electron chi connectivity index (χ3n) is 3.64. The average Bonchev–Trinajstić information content (AvgIpc) is 2.86. The van der Waals surface area contributed by atoms with Crippen LogP contribution in [0.5, 0.6) is 0 Å². The summed E-state index contributed by atoms with van der Waals surface area (Å²) in [7, 11) is -9.53. The lowest BCUT2D eigenvalue weighted by molar-refractivity contribution is -0.116. The molecule has 2 rings (SSSR count). The topological polar surface area (TPSA) is 141 Å². The monoisotopic (exact) mass is 390 g/mol. The fourth-order valence-electron chi connectivity index (χ4n) is 2.42. The van der Waals surface area contributed by atoms with Gasteiger partial charge in [-0.1, -0.05) is 19.8 Å². The Morgan fingerprint density at radius 2 is 1.80 bits per heavy atom. The van der Waals surface area contributed by atoms with E-state index in [4.69, 9.17) is 4.55 Å². The summed E-state index contributed by atoms with van der Waals surface area (Å²) in [6, 6.07) is 2.51. The highest BCUT2D eigenvalue weighted by Gasteiger charge is 2.30. The predicted molar refractivity (Wildman–Crippen MR) is 89.8 cm³/mol. The summed E-state index contributed by atoms with van der Waals surface area (Å²) in [6.07, 6.45) is 3.40. The van der Waals surface area contributed by atoms with Gasteiger partial charge in [-0.3, -0.25) is 13.9 Å². The Morgan fingerprint density at radius 3 is 2.36 bits per heavy atom. The van der Waals surface area contributed by atoms with E-state index in [1.165, 1.54) is 0 Å². The van der Waals surface area contributed by atoms with E-state index in [9.17, 15) is 26.2 Å². The van der Waals surface area contributed by atoms with Gasteiger partial charge in [0.05, 0.1) is 17.0 Å². The Balaban J connectivity index is 2.46. The van der Waals surface area contributed by atoms with Crippen molar-refractivity contribution in [1.82, 2.24) is 0 Å². The number of hydrazone groups is 1. The van der Waals surface area contributed by atoms with Gasteiger partial charge in [0, 0.05) is 5.71 Å². The van der Waals surface area contributed by atoms with Crippen LogP contribution >= 0.6 is 0 Å². The van der Waals surface area contributed by atoms with E-state index >= 15 is 0 Å². The first-order valence-electron chi connectivity index (χ1n) is 7.52. The summed E-state index contributed by atoms with van der Waals surface area (Å²) in [5.74, 6) is -0.490. The molecule has 0 aromatic heterocycles. The Labute approximate surface area is 145 Å². The van der Waals surface area contributed by atoms with Gasteiger partial charge in [-0.25, -0.2) is 0 Å². The Hall–Kier alpha value is -1.82. The third-order valence-corrected chi connectivity index (χ3v) is 5.37. The minimum atomic E-state index is -4.85. The van der Waals surface area contributed by atoms with Crippen LogP contribution in [0.3, 0.4) is 0 Å². The zero-order valence-corrected chi connectivity index (χ0v) is 15.0. The molecular weight excluding hydrogens is 372 g/mol. The molecule has 1 aliphatic heterocycles. The zero-order chi connectivity index (χ0) is 18.8. The Morgan fingerprint density at radius 1 is 1.12 bits per heavy atom. The molecule has 0 aliphatic carbocycles. The first-order valence-corrected chi connectivity index (χ1v) is 10.4. The molecule has 0 unspecified atom stereocenters. The first kappa shape index (κ1) is 19.5. The van der Waals surface area contributed by atoms with E-state index in [0.29, 0.717) is 18.2 Å². The maximum atomic E-state index is 12.1. The average molecular weight is 390 g/mol. The van der Waals surface area contributed by atoms with Crippen molar-refractivity contribution < 1.29 is 30.7 Å². The fourth-order valence-corrected chi connectivity index (χ4v) is 3.70. The Kier molecular flexibility index (Phi) is 5.62. The fraction of sp³-hybridized carbons (Fsp3) is 0.429. The maximum Gasteiger partial charge on any atom is 0.296 e. The van der Waals surface area contributed by atoms with E-state index in [1.54, 1.807) is 0 Å². The highest BCUT2D eigenvalue weighted by atomic mass is 32.2. The third kappa shape index (κ3) is 4.63. The van der Waals surface area contributed by atoms with E-state index in [2.05, 4.69) is 5.10 Å². The predicted octanol–water partition coefficient (Wildman–Crippen LogP) is 1.85. The standard InChI is InChI=1S/C14H18N2O7S2/c1-2-3-4-5-10-8-14(17)16(15-10)12-7-6-11(24(18,19)20)9-13(12)25(21,22)23/h6-7,9H,2-5,8H2,1H3,(H,18,19,20)(H,21,22,23). The lowest BCUT2D eigenvalue weighted by Gasteiger charge is -2.15. The van der Waals surface area contributed by atoms with Crippen molar-refractivity contribution in [3.63, 3.8) is 0 Å². The molecule has 0 radical (unpaired) electrons. The van der Waals surface area contributed by atoms with Crippen LogP contribution in [0.2, 0.25) is 0 Å². The van der Waals surface area contributed by atoms with E-state index in [-0.39, 0.29) is 12.1 Å². The van der Waals surface area contributed by atoms with Gasteiger partial charge in [-0.05, 0) is 31.0 Å². The van der Waals surface area contributed by atoms with Gasteiger partial charge >= 0.3 is 0 Å². The minimum absolute atomic E-state index is 0.0225. The Bertz CT molecular complexity index is 920. The number of hydrogen-bond acceptors (Lipinski definition) is 6. The van der Waals surface area contributed by atoms with E-state index in [0.717, 1.165) is 36.4 Å². The maximum absolute atomic E-state index is 12.1.